The van der Waals surface area contributed by atoms with Gasteiger partial charge in [0.25, 0.3) is 0 Å². The Balaban J connectivity index is 2.76. The Morgan fingerprint density at radius 1 is 1.38 bits per heavy atom. The molecule has 0 aromatic carbocycles. The van der Waals surface area contributed by atoms with Crippen LogP contribution in [0.25, 0.3) is 11.4 Å². The number of rotatable bonds is 5. The van der Waals surface area contributed by atoms with E-state index < -0.39 is 11.4 Å². The van der Waals surface area contributed by atoms with E-state index in [-0.39, 0.29) is 34.5 Å². The Labute approximate surface area is 124 Å². The molecule has 0 atom stereocenters. The van der Waals surface area contributed by atoms with E-state index in [1.807, 2.05) is 6.92 Å². The van der Waals surface area contributed by atoms with Crippen molar-refractivity contribution >= 4 is 29.0 Å². The fraction of sp³-hybridized carbons (Fsp3) is 0.385. The van der Waals surface area contributed by atoms with Gasteiger partial charge in [-0.25, -0.2) is 9.50 Å². The van der Waals surface area contributed by atoms with Gasteiger partial charge in [0.05, 0.1) is 12.1 Å². The summed E-state index contributed by atoms with van der Waals surface area (Å²) >= 11 is 6.08. The molecule has 0 amide bonds. The number of pyridine rings is 1. The Morgan fingerprint density at radius 3 is 2.71 bits per heavy atom. The van der Waals surface area contributed by atoms with Gasteiger partial charge in [0.2, 0.25) is 5.43 Å². The molecular weight excluding hydrogens is 298 g/mol. The van der Waals surface area contributed by atoms with Gasteiger partial charge in [-0.3, -0.25) is 9.59 Å². The molecule has 2 rings (SSSR count). The lowest BCUT2D eigenvalue weighted by Crippen LogP contribution is -2.32. The number of carbonyl (C=O) groups is 1. The molecule has 0 aliphatic heterocycles. The van der Waals surface area contributed by atoms with Gasteiger partial charge in [-0.15, -0.1) is 0 Å². The highest BCUT2D eigenvalue weighted by molar-refractivity contribution is 6.31. The number of fused-ring (bicyclic) bond motifs is 1. The topological polar surface area (TPSA) is 105 Å². The fourth-order valence-electron chi connectivity index (χ4n) is 2.11. The van der Waals surface area contributed by atoms with Crippen LogP contribution in [0.15, 0.2) is 11.1 Å². The second-order valence-electron chi connectivity index (χ2n) is 4.55. The van der Waals surface area contributed by atoms with E-state index in [0.717, 1.165) is 6.42 Å². The molecule has 0 saturated heterocycles. The van der Waals surface area contributed by atoms with Crippen LogP contribution in [-0.2, 0) is 11.2 Å². The zero-order valence-corrected chi connectivity index (χ0v) is 12.1. The molecule has 8 heteroatoms. The maximum absolute atomic E-state index is 12.3. The first-order valence-electron chi connectivity index (χ1n) is 6.45. The number of aliphatic hydroxyl groups is 1. The minimum Gasteiger partial charge on any atom is -0.511 e. The average molecular weight is 312 g/mol. The Hall–Kier alpha value is -2.15. The Bertz CT molecular complexity index is 800. The van der Waals surface area contributed by atoms with Gasteiger partial charge in [-0.05, 0) is 6.42 Å². The zero-order valence-electron chi connectivity index (χ0n) is 11.3. The van der Waals surface area contributed by atoms with Crippen molar-refractivity contribution in [3.8, 4) is 0 Å². The minimum absolute atomic E-state index is 0.0216. The predicted molar refractivity (Wildman–Crippen MR) is 76.4 cm³/mol. The monoisotopic (exact) mass is 311 g/mol. The minimum atomic E-state index is -1.07. The van der Waals surface area contributed by atoms with Crippen LogP contribution >= 0.6 is 11.6 Å². The SMILES string of the molecule is CCCc1c(Cl)c(=O)c(=C(O)CCC(=O)O)c2ncnn12. The molecule has 2 aromatic heterocycles. The lowest BCUT2D eigenvalue weighted by molar-refractivity contribution is -0.136. The first-order chi connectivity index (χ1) is 9.97. The largest absolute Gasteiger partial charge is 0.511 e. The predicted octanol–water partition coefficient (Wildman–Crippen LogP) is 0.945. The van der Waals surface area contributed by atoms with Crippen molar-refractivity contribution in [1.29, 1.82) is 0 Å². The quantitative estimate of drug-likeness (QED) is 0.851. The second kappa shape index (κ2) is 6.09. The van der Waals surface area contributed by atoms with Crippen LogP contribution in [0.2, 0.25) is 5.02 Å². The molecule has 0 bridgehead atoms. The maximum atomic E-state index is 12.3. The van der Waals surface area contributed by atoms with Crippen molar-refractivity contribution in [2.45, 2.75) is 32.6 Å². The third-order valence-electron chi connectivity index (χ3n) is 3.06. The molecule has 21 heavy (non-hydrogen) atoms. The van der Waals surface area contributed by atoms with E-state index in [2.05, 4.69) is 10.1 Å². The number of aliphatic carboxylic acids is 1. The van der Waals surface area contributed by atoms with Gasteiger partial charge in [0.1, 0.15) is 22.3 Å². The highest BCUT2D eigenvalue weighted by Gasteiger charge is 2.17. The van der Waals surface area contributed by atoms with E-state index in [1.165, 1.54) is 10.8 Å². The average Bonchev–Trinajstić information content (AvgIpc) is 2.90. The van der Waals surface area contributed by atoms with Crippen LogP contribution in [0.5, 0.6) is 0 Å². The standard InChI is InChI=1S/C13H14ClN3O4/c1-2-3-7-11(14)12(21)10(8(18)4-5-9(19)20)13-15-6-16-17(7)13/h6,18H,2-5H2,1H3,(H,19,20). The second-order valence-corrected chi connectivity index (χ2v) is 4.93. The van der Waals surface area contributed by atoms with Gasteiger partial charge in [-0.2, -0.15) is 5.10 Å². The molecule has 0 aliphatic carbocycles. The highest BCUT2D eigenvalue weighted by Crippen LogP contribution is 2.13. The summed E-state index contributed by atoms with van der Waals surface area (Å²) in [5.74, 6) is -1.41. The number of aliphatic hydroxyl groups excluding tert-OH is 1. The number of hydrogen-bond donors (Lipinski definition) is 2. The van der Waals surface area contributed by atoms with Crippen molar-refractivity contribution in [2.75, 3.05) is 0 Å². The van der Waals surface area contributed by atoms with Crippen LogP contribution in [0, 0.1) is 0 Å². The number of carboxylic acids is 1. The molecule has 7 nitrogen and oxygen atoms in total. The third-order valence-corrected chi connectivity index (χ3v) is 3.45. The number of nitrogens with zero attached hydrogens (tertiary/aromatic N) is 3. The summed E-state index contributed by atoms with van der Waals surface area (Å²) in [6.07, 6.45) is 2.11. The third kappa shape index (κ3) is 2.82. The van der Waals surface area contributed by atoms with Crippen LogP contribution in [0.3, 0.4) is 0 Å². The van der Waals surface area contributed by atoms with Crippen LogP contribution in [0.4, 0.5) is 0 Å². The van der Waals surface area contributed by atoms with Crippen molar-refractivity contribution in [1.82, 2.24) is 14.6 Å². The highest BCUT2D eigenvalue weighted by atomic mass is 35.5. The van der Waals surface area contributed by atoms with Crippen LogP contribution in [0.1, 0.15) is 31.9 Å². The molecule has 0 fully saturated rings. The van der Waals surface area contributed by atoms with Crippen LogP contribution in [-0.4, -0.2) is 30.8 Å². The number of aryl methyl sites for hydroxylation is 1. The number of hydrogen-bond acceptors (Lipinski definition) is 5. The van der Waals surface area contributed by atoms with Crippen molar-refractivity contribution in [2.24, 2.45) is 0 Å². The molecule has 0 radical (unpaired) electrons. The van der Waals surface area contributed by atoms with Gasteiger partial charge in [0.15, 0.2) is 5.65 Å². The molecule has 0 unspecified atom stereocenters. The first-order valence-corrected chi connectivity index (χ1v) is 6.83. The summed E-state index contributed by atoms with van der Waals surface area (Å²) in [6.45, 7) is 1.94. The van der Waals surface area contributed by atoms with E-state index in [0.29, 0.717) is 12.1 Å². The molecule has 2 aromatic rings. The molecule has 0 saturated carbocycles. The lowest BCUT2D eigenvalue weighted by Gasteiger charge is -2.06. The number of halogens is 1. The Morgan fingerprint density at radius 2 is 2.10 bits per heavy atom. The summed E-state index contributed by atoms with van der Waals surface area (Å²) in [5.41, 5.74) is 0.172. The molecular formula is C13H14ClN3O4. The zero-order chi connectivity index (χ0) is 15.6. The van der Waals surface area contributed by atoms with Crippen molar-refractivity contribution in [3.63, 3.8) is 0 Å². The molecule has 0 aliphatic rings. The first kappa shape index (κ1) is 15.2. The molecule has 0 spiro atoms. The van der Waals surface area contributed by atoms with E-state index >= 15 is 0 Å². The fourth-order valence-corrected chi connectivity index (χ4v) is 2.38. The summed E-state index contributed by atoms with van der Waals surface area (Å²) in [5, 5.41) is 22.6. The van der Waals surface area contributed by atoms with Gasteiger partial charge in [-0.1, -0.05) is 24.9 Å². The molecule has 112 valence electrons. The number of aromatic nitrogens is 3. The lowest BCUT2D eigenvalue weighted by atomic mass is 10.1. The Kier molecular flexibility index (Phi) is 4.42. The summed E-state index contributed by atoms with van der Waals surface area (Å²) in [6, 6.07) is 0. The van der Waals surface area contributed by atoms with Crippen molar-refractivity contribution in [3.05, 3.63) is 32.5 Å². The van der Waals surface area contributed by atoms with E-state index in [4.69, 9.17) is 16.7 Å². The van der Waals surface area contributed by atoms with E-state index in [9.17, 15) is 14.7 Å². The summed E-state index contributed by atoms with van der Waals surface area (Å²) < 4.78 is 1.42. The smallest absolute Gasteiger partial charge is 0.303 e. The van der Waals surface area contributed by atoms with Gasteiger partial charge < -0.3 is 10.2 Å². The summed E-state index contributed by atoms with van der Waals surface area (Å²) in [4.78, 5) is 26.9. The van der Waals surface area contributed by atoms with Gasteiger partial charge in [0, 0.05) is 6.42 Å². The maximum Gasteiger partial charge on any atom is 0.303 e. The van der Waals surface area contributed by atoms with Gasteiger partial charge >= 0.3 is 5.97 Å². The van der Waals surface area contributed by atoms with Crippen LogP contribution < -0.4 is 10.6 Å². The molecule has 2 heterocycles. The molecule has 2 N–H and O–H groups in total. The number of carboxylic acid groups (broad SMARTS) is 1. The summed E-state index contributed by atoms with van der Waals surface area (Å²) in [7, 11) is 0. The van der Waals surface area contributed by atoms with Crippen molar-refractivity contribution < 1.29 is 15.0 Å². The van der Waals surface area contributed by atoms with E-state index in [1.54, 1.807) is 0 Å². The normalized spacial score (nSPS) is 12.7.